The predicted octanol–water partition coefficient (Wildman–Crippen LogP) is 0.880. The smallest absolute Gasteiger partial charge is 0.0555 e. The first-order valence-electron chi connectivity index (χ1n) is 5.31. The molecule has 1 aromatic heterocycles. The van der Waals surface area contributed by atoms with Crippen molar-refractivity contribution in [2.24, 2.45) is 5.92 Å². The molecule has 3 rings (SSSR count). The van der Waals surface area contributed by atoms with Crippen molar-refractivity contribution in [1.29, 1.82) is 0 Å². The summed E-state index contributed by atoms with van der Waals surface area (Å²) in [5, 5.41) is 3.48. The van der Waals surface area contributed by atoms with E-state index in [9.17, 15) is 0 Å². The number of hydrogen-bond donors (Lipinski definition) is 1. The molecular formula is C11H15N3. The minimum Gasteiger partial charge on any atom is -0.366 e. The van der Waals surface area contributed by atoms with Gasteiger partial charge in [0.25, 0.3) is 0 Å². The van der Waals surface area contributed by atoms with Crippen LogP contribution in [0.1, 0.15) is 6.42 Å². The lowest BCUT2D eigenvalue weighted by Gasteiger charge is -2.26. The first-order valence-corrected chi connectivity index (χ1v) is 5.31. The topological polar surface area (TPSA) is 28.2 Å². The van der Waals surface area contributed by atoms with Gasteiger partial charge < -0.3 is 10.2 Å². The molecular weight excluding hydrogens is 174 g/mol. The Morgan fingerprint density at radius 2 is 2.43 bits per heavy atom. The second-order valence-electron chi connectivity index (χ2n) is 4.28. The maximum Gasteiger partial charge on any atom is 0.0555 e. The van der Waals surface area contributed by atoms with Crippen LogP contribution in [-0.4, -0.2) is 30.7 Å². The van der Waals surface area contributed by atoms with Crippen LogP contribution in [0.2, 0.25) is 0 Å². The minimum absolute atomic E-state index is 0.693. The third-order valence-electron chi connectivity index (χ3n) is 3.29. The van der Waals surface area contributed by atoms with E-state index in [1.54, 1.807) is 0 Å². The lowest BCUT2D eigenvalue weighted by Crippen LogP contribution is -2.39. The first kappa shape index (κ1) is 8.24. The van der Waals surface area contributed by atoms with Crippen molar-refractivity contribution < 1.29 is 0 Å². The molecule has 2 aliphatic heterocycles. The summed E-state index contributed by atoms with van der Waals surface area (Å²) < 4.78 is 0. The Balaban J connectivity index is 1.86. The molecule has 0 radical (unpaired) electrons. The SMILES string of the molecule is c1cncc(N2C[C@@H]3CNC[C@H]2C3)c1. The number of piperidine rings is 1. The van der Waals surface area contributed by atoms with E-state index in [0.717, 1.165) is 12.5 Å². The Bertz CT molecular complexity index is 312. The lowest BCUT2D eigenvalue weighted by molar-refractivity contribution is 0.434. The minimum atomic E-state index is 0.693. The molecule has 0 aromatic carbocycles. The Morgan fingerprint density at radius 3 is 3.21 bits per heavy atom. The van der Waals surface area contributed by atoms with Crippen molar-refractivity contribution in [2.75, 3.05) is 24.5 Å². The fourth-order valence-electron chi connectivity index (χ4n) is 2.65. The normalized spacial score (nSPS) is 30.7. The van der Waals surface area contributed by atoms with Crippen molar-refractivity contribution in [3.63, 3.8) is 0 Å². The van der Waals surface area contributed by atoms with E-state index in [-0.39, 0.29) is 0 Å². The average molecular weight is 189 g/mol. The molecule has 14 heavy (non-hydrogen) atoms. The number of hydrogen-bond acceptors (Lipinski definition) is 3. The Hall–Kier alpha value is -1.09. The number of aromatic nitrogens is 1. The average Bonchev–Trinajstić information content (AvgIpc) is 2.55. The first-order chi connectivity index (χ1) is 6.93. The second-order valence-corrected chi connectivity index (χ2v) is 4.28. The van der Waals surface area contributed by atoms with E-state index in [1.807, 2.05) is 18.5 Å². The van der Waals surface area contributed by atoms with Crippen LogP contribution in [0.3, 0.4) is 0 Å². The fraction of sp³-hybridized carbons (Fsp3) is 0.545. The molecule has 2 saturated heterocycles. The van der Waals surface area contributed by atoms with Gasteiger partial charge in [0.2, 0.25) is 0 Å². The summed E-state index contributed by atoms with van der Waals surface area (Å²) >= 11 is 0. The van der Waals surface area contributed by atoms with Crippen molar-refractivity contribution >= 4 is 5.69 Å². The Morgan fingerprint density at radius 1 is 1.43 bits per heavy atom. The van der Waals surface area contributed by atoms with Crippen LogP contribution in [0.25, 0.3) is 0 Å². The van der Waals surface area contributed by atoms with Gasteiger partial charge in [0.15, 0.2) is 0 Å². The van der Waals surface area contributed by atoms with Gasteiger partial charge in [0.05, 0.1) is 11.9 Å². The van der Waals surface area contributed by atoms with Crippen molar-refractivity contribution in [3.8, 4) is 0 Å². The summed E-state index contributed by atoms with van der Waals surface area (Å²) in [5.74, 6) is 0.842. The highest BCUT2D eigenvalue weighted by Gasteiger charge is 2.34. The highest BCUT2D eigenvalue weighted by Crippen LogP contribution is 2.30. The van der Waals surface area contributed by atoms with E-state index in [4.69, 9.17) is 0 Å². The monoisotopic (exact) mass is 189 g/mol. The van der Waals surface area contributed by atoms with Crippen molar-refractivity contribution in [2.45, 2.75) is 12.5 Å². The molecule has 0 aliphatic carbocycles. The van der Waals surface area contributed by atoms with Gasteiger partial charge in [-0.25, -0.2) is 0 Å². The van der Waals surface area contributed by atoms with E-state index in [2.05, 4.69) is 21.3 Å². The largest absolute Gasteiger partial charge is 0.366 e. The van der Waals surface area contributed by atoms with E-state index >= 15 is 0 Å². The molecule has 3 heteroatoms. The van der Waals surface area contributed by atoms with Gasteiger partial charge in [-0.3, -0.25) is 4.98 Å². The zero-order valence-electron chi connectivity index (χ0n) is 8.19. The molecule has 0 saturated carbocycles. The number of nitrogens with zero attached hydrogens (tertiary/aromatic N) is 2. The summed E-state index contributed by atoms with van der Waals surface area (Å²) in [6, 6.07) is 4.87. The lowest BCUT2D eigenvalue weighted by atomic mass is 10.0. The molecule has 2 atom stereocenters. The highest BCUT2D eigenvalue weighted by atomic mass is 15.2. The molecule has 3 nitrogen and oxygen atoms in total. The quantitative estimate of drug-likeness (QED) is 0.711. The van der Waals surface area contributed by atoms with E-state index in [0.29, 0.717) is 6.04 Å². The number of anilines is 1. The van der Waals surface area contributed by atoms with Gasteiger partial charge in [0, 0.05) is 25.3 Å². The van der Waals surface area contributed by atoms with Gasteiger partial charge in [-0.05, 0) is 31.0 Å². The summed E-state index contributed by atoms with van der Waals surface area (Å²) in [4.78, 5) is 6.68. The molecule has 0 spiro atoms. The third-order valence-corrected chi connectivity index (χ3v) is 3.29. The zero-order valence-corrected chi connectivity index (χ0v) is 8.19. The fourth-order valence-corrected chi connectivity index (χ4v) is 2.65. The van der Waals surface area contributed by atoms with Crippen molar-refractivity contribution in [3.05, 3.63) is 24.5 Å². The van der Waals surface area contributed by atoms with Gasteiger partial charge in [-0.15, -0.1) is 0 Å². The van der Waals surface area contributed by atoms with Crippen LogP contribution in [0, 0.1) is 5.92 Å². The molecule has 2 aliphatic rings. The molecule has 74 valence electrons. The van der Waals surface area contributed by atoms with Crippen LogP contribution >= 0.6 is 0 Å². The number of nitrogens with one attached hydrogen (secondary N) is 1. The van der Waals surface area contributed by atoms with Crippen LogP contribution < -0.4 is 10.2 Å². The summed E-state index contributed by atoms with van der Waals surface area (Å²) in [5.41, 5.74) is 1.28. The summed E-state index contributed by atoms with van der Waals surface area (Å²) in [7, 11) is 0. The predicted molar refractivity (Wildman–Crippen MR) is 56.3 cm³/mol. The summed E-state index contributed by atoms with van der Waals surface area (Å²) in [6.07, 6.45) is 5.16. The molecule has 2 bridgehead atoms. The van der Waals surface area contributed by atoms with Gasteiger partial charge >= 0.3 is 0 Å². The highest BCUT2D eigenvalue weighted by molar-refractivity contribution is 5.46. The van der Waals surface area contributed by atoms with Crippen LogP contribution in [0.5, 0.6) is 0 Å². The molecule has 0 unspecified atom stereocenters. The van der Waals surface area contributed by atoms with Crippen LogP contribution in [0.15, 0.2) is 24.5 Å². The third kappa shape index (κ3) is 1.28. The number of pyridine rings is 1. The summed E-state index contributed by atoms with van der Waals surface area (Å²) in [6.45, 7) is 3.52. The standard InChI is InChI=1S/C11H15N3/c1-2-10(6-12-3-1)14-8-9-4-11(14)7-13-5-9/h1-3,6,9,11,13H,4-5,7-8H2/t9-,11+/m0/s1. The number of rotatable bonds is 1. The van der Waals surface area contributed by atoms with Gasteiger partial charge in [0.1, 0.15) is 0 Å². The van der Waals surface area contributed by atoms with Gasteiger partial charge in [-0.1, -0.05) is 0 Å². The number of fused-ring (bicyclic) bond motifs is 2. The molecule has 1 aromatic rings. The Kier molecular flexibility index (Phi) is 1.91. The zero-order chi connectivity index (χ0) is 9.38. The van der Waals surface area contributed by atoms with Gasteiger partial charge in [-0.2, -0.15) is 0 Å². The van der Waals surface area contributed by atoms with Crippen molar-refractivity contribution in [1.82, 2.24) is 10.3 Å². The molecule has 1 N–H and O–H groups in total. The molecule has 2 fully saturated rings. The van der Waals surface area contributed by atoms with Crippen LogP contribution in [-0.2, 0) is 0 Å². The second kappa shape index (κ2) is 3.24. The maximum atomic E-state index is 4.18. The molecule has 3 heterocycles. The van der Waals surface area contributed by atoms with E-state index in [1.165, 1.54) is 25.2 Å². The maximum absolute atomic E-state index is 4.18. The Labute approximate surface area is 84.1 Å². The molecule has 0 amide bonds. The van der Waals surface area contributed by atoms with Crippen LogP contribution in [0.4, 0.5) is 5.69 Å². The van der Waals surface area contributed by atoms with E-state index < -0.39 is 0 Å².